The highest BCUT2D eigenvalue weighted by molar-refractivity contribution is 7.53. The van der Waals surface area contributed by atoms with Gasteiger partial charge in [-0.1, -0.05) is 12.2 Å². The third kappa shape index (κ3) is 5.51. The first-order valence-electron chi connectivity index (χ1n) is 8.70. The molecule has 0 aromatic carbocycles. The molecule has 0 amide bonds. The molecule has 1 heterocycles. The Balaban J connectivity index is 2.01. The SMILES string of the molecule is Cc1cn([C@H]2C=C[C@@H](OCP(=O)(OC(C)C)OC(C)C)C2)c(=O)nc1N. The summed E-state index contributed by atoms with van der Waals surface area (Å²) in [7, 11) is -3.35. The normalized spacial score (nSPS) is 20.4. The van der Waals surface area contributed by atoms with Crippen molar-refractivity contribution in [3.8, 4) is 0 Å². The second kappa shape index (κ2) is 8.48. The number of hydrogen-bond acceptors (Lipinski definition) is 7. The second-order valence-electron chi connectivity index (χ2n) is 6.94. The van der Waals surface area contributed by atoms with Crippen molar-refractivity contribution >= 4 is 13.4 Å². The van der Waals surface area contributed by atoms with E-state index in [4.69, 9.17) is 19.5 Å². The van der Waals surface area contributed by atoms with Crippen molar-refractivity contribution in [1.82, 2.24) is 9.55 Å². The van der Waals surface area contributed by atoms with Gasteiger partial charge in [-0.2, -0.15) is 4.98 Å². The molecule has 8 nitrogen and oxygen atoms in total. The molecule has 1 aliphatic rings. The summed E-state index contributed by atoms with van der Waals surface area (Å²) in [5, 5.41) is 0. The zero-order chi connectivity index (χ0) is 19.5. The number of aryl methyl sites for hydroxylation is 1. The molecule has 0 unspecified atom stereocenters. The van der Waals surface area contributed by atoms with Crippen molar-refractivity contribution in [1.29, 1.82) is 0 Å². The molecule has 0 spiro atoms. The Bertz CT molecular complexity index is 745. The average Bonchev–Trinajstić information content (AvgIpc) is 2.96. The molecule has 0 bridgehead atoms. The van der Waals surface area contributed by atoms with Crippen molar-refractivity contribution < 1.29 is 18.3 Å². The number of ether oxygens (including phenoxy) is 1. The summed E-state index contributed by atoms with van der Waals surface area (Å²) in [6.45, 7) is 8.98. The molecule has 0 radical (unpaired) electrons. The Morgan fingerprint density at radius 3 is 2.46 bits per heavy atom. The zero-order valence-electron chi connectivity index (χ0n) is 15.9. The molecule has 0 aliphatic heterocycles. The lowest BCUT2D eigenvalue weighted by Crippen LogP contribution is -2.27. The summed E-state index contributed by atoms with van der Waals surface area (Å²) < 4.78 is 31.0. The van der Waals surface area contributed by atoms with Crippen LogP contribution in [0.5, 0.6) is 0 Å². The number of rotatable bonds is 8. The molecule has 1 aromatic heterocycles. The predicted octanol–water partition coefficient (Wildman–Crippen LogP) is 3.02. The van der Waals surface area contributed by atoms with Gasteiger partial charge in [-0.3, -0.25) is 9.13 Å². The van der Waals surface area contributed by atoms with Crippen LogP contribution in [0.25, 0.3) is 0 Å². The number of hydrogen-bond donors (Lipinski definition) is 1. The predicted molar refractivity (Wildman–Crippen MR) is 100 cm³/mol. The standard InChI is InChI=1S/C17H28N3O5P/c1-11(2)24-26(22,25-12(3)4)10-23-15-7-6-14(8-15)20-9-13(5)16(18)19-17(20)21/h6-7,9,11-12,14-15H,8,10H2,1-5H3,(H2,18,19,21)/t14-,15+/m0/s1. The molecule has 2 rings (SSSR count). The van der Waals surface area contributed by atoms with Gasteiger partial charge in [0.2, 0.25) is 0 Å². The van der Waals surface area contributed by atoms with Gasteiger partial charge in [-0.15, -0.1) is 0 Å². The third-order valence-electron chi connectivity index (χ3n) is 3.74. The van der Waals surface area contributed by atoms with Gasteiger partial charge in [-0.05, 0) is 34.6 Å². The average molecular weight is 385 g/mol. The number of anilines is 1. The largest absolute Gasteiger partial charge is 0.383 e. The highest BCUT2D eigenvalue weighted by atomic mass is 31.2. The van der Waals surface area contributed by atoms with Crippen LogP contribution >= 0.6 is 7.60 Å². The second-order valence-corrected chi connectivity index (χ2v) is 8.84. The number of nitrogens with two attached hydrogens (primary N) is 1. The fraction of sp³-hybridized carbons (Fsp3) is 0.647. The minimum atomic E-state index is -3.35. The molecule has 0 saturated heterocycles. The number of nitrogen functional groups attached to an aromatic ring is 1. The molecule has 0 saturated carbocycles. The van der Waals surface area contributed by atoms with Crippen molar-refractivity contribution in [2.45, 2.75) is 65.4 Å². The number of nitrogens with zero attached hydrogens (tertiary/aromatic N) is 2. The molecule has 146 valence electrons. The van der Waals surface area contributed by atoms with E-state index in [9.17, 15) is 9.36 Å². The first kappa shape index (κ1) is 20.8. The molecule has 9 heteroatoms. The minimum Gasteiger partial charge on any atom is -0.383 e. The Morgan fingerprint density at radius 1 is 1.27 bits per heavy atom. The molecule has 1 aromatic rings. The van der Waals surface area contributed by atoms with E-state index >= 15 is 0 Å². The lowest BCUT2D eigenvalue weighted by atomic mass is 10.2. The van der Waals surface area contributed by atoms with E-state index in [2.05, 4.69) is 4.98 Å². The third-order valence-corrected chi connectivity index (χ3v) is 5.69. The van der Waals surface area contributed by atoms with Gasteiger partial charge >= 0.3 is 13.3 Å². The van der Waals surface area contributed by atoms with Crippen molar-refractivity contribution in [2.75, 3.05) is 12.1 Å². The van der Waals surface area contributed by atoms with Crippen molar-refractivity contribution in [3.63, 3.8) is 0 Å². The summed E-state index contributed by atoms with van der Waals surface area (Å²) in [6.07, 6.45) is 5.04. The first-order valence-corrected chi connectivity index (χ1v) is 10.4. The fourth-order valence-corrected chi connectivity index (χ4v) is 4.54. The molecular weight excluding hydrogens is 357 g/mol. The Kier molecular flexibility index (Phi) is 6.80. The van der Waals surface area contributed by atoms with Gasteiger partial charge < -0.3 is 19.5 Å². The molecule has 26 heavy (non-hydrogen) atoms. The summed E-state index contributed by atoms with van der Waals surface area (Å²) in [6, 6.07) is -0.185. The summed E-state index contributed by atoms with van der Waals surface area (Å²) in [5.74, 6) is 0.235. The zero-order valence-corrected chi connectivity index (χ0v) is 16.8. The summed E-state index contributed by atoms with van der Waals surface area (Å²) in [5.41, 5.74) is 6.00. The number of aromatic nitrogens is 2. The Hall–Kier alpha value is -1.47. The molecular formula is C17H28N3O5P. The molecule has 1 aliphatic carbocycles. The van der Waals surface area contributed by atoms with Gasteiger partial charge in [0, 0.05) is 18.2 Å². The van der Waals surface area contributed by atoms with Crippen LogP contribution in [0, 0.1) is 6.92 Å². The maximum atomic E-state index is 12.8. The highest BCUT2D eigenvalue weighted by Crippen LogP contribution is 2.51. The smallest absolute Gasteiger partial charge is 0.356 e. The monoisotopic (exact) mass is 385 g/mol. The van der Waals surface area contributed by atoms with Crippen LogP contribution in [0.1, 0.15) is 45.7 Å². The quantitative estimate of drug-likeness (QED) is 0.541. The lowest BCUT2D eigenvalue weighted by molar-refractivity contribution is 0.0718. The van der Waals surface area contributed by atoms with Gasteiger partial charge in [0.25, 0.3) is 0 Å². The summed E-state index contributed by atoms with van der Waals surface area (Å²) >= 11 is 0. The van der Waals surface area contributed by atoms with Crippen LogP contribution in [0.3, 0.4) is 0 Å². The van der Waals surface area contributed by atoms with E-state index in [-0.39, 0.29) is 36.5 Å². The van der Waals surface area contributed by atoms with Crippen LogP contribution in [0.4, 0.5) is 5.82 Å². The first-order chi connectivity index (χ1) is 12.1. The van der Waals surface area contributed by atoms with Crippen LogP contribution < -0.4 is 11.4 Å². The molecule has 2 N–H and O–H groups in total. The summed E-state index contributed by atoms with van der Waals surface area (Å²) in [4.78, 5) is 15.9. The highest BCUT2D eigenvalue weighted by Gasteiger charge is 2.31. The van der Waals surface area contributed by atoms with Gasteiger partial charge in [0.05, 0.1) is 24.4 Å². The van der Waals surface area contributed by atoms with E-state index in [1.165, 1.54) is 4.57 Å². The van der Waals surface area contributed by atoms with Gasteiger partial charge in [0.15, 0.2) is 0 Å². The van der Waals surface area contributed by atoms with E-state index < -0.39 is 13.3 Å². The van der Waals surface area contributed by atoms with E-state index in [0.29, 0.717) is 6.42 Å². The van der Waals surface area contributed by atoms with Crippen LogP contribution in [0.2, 0.25) is 0 Å². The van der Waals surface area contributed by atoms with Gasteiger partial charge in [-0.25, -0.2) is 4.79 Å². The molecule has 0 fully saturated rings. The molecule has 2 atom stereocenters. The van der Waals surface area contributed by atoms with Crippen molar-refractivity contribution in [3.05, 3.63) is 34.4 Å². The number of allylic oxidation sites excluding steroid dienone is 1. The minimum absolute atomic E-state index is 0.140. The van der Waals surface area contributed by atoms with Crippen LogP contribution in [-0.4, -0.2) is 34.2 Å². The van der Waals surface area contributed by atoms with Gasteiger partial charge in [0.1, 0.15) is 12.2 Å². The van der Waals surface area contributed by atoms with Crippen molar-refractivity contribution in [2.24, 2.45) is 0 Å². The lowest BCUT2D eigenvalue weighted by Gasteiger charge is -2.24. The maximum Gasteiger partial charge on any atom is 0.356 e. The van der Waals surface area contributed by atoms with E-state index in [1.54, 1.807) is 40.8 Å². The van der Waals surface area contributed by atoms with E-state index in [0.717, 1.165) is 5.56 Å². The van der Waals surface area contributed by atoms with Crippen LogP contribution in [0.15, 0.2) is 23.1 Å². The topological polar surface area (TPSA) is 106 Å². The van der Waals surface area contributed by atoms with Crippen LogP contribution in [-0.2, 0) is 18.3 Å². The fourth-order valence-electron chi connectivity index (χ4n) is 2.71. The Labute approximate surface area is 153 Å². The van der Waals surface area contributed by atoms with E-state index in [1.807, 2.05) is 12.2 Å². The Morgan fingerprint density at radius 2 is 1.88 bits per heavy atom. The maximum absolute atomic E-state index is 12.8.